The lowest BCUT2D eigenvalue weighted by molar-refractivity contribution is -0.185. The van der Waals surface area contributed by atoms with Crippen LogP contribution in [0.25, 0.3) is 16.6 Å². The Morgan fingerprint density at radius 1 is 0.755 bits per heavy atom. The van der Waals surface area contributed by atoms with Gasteiger partial charge < -0.3 is 28.8 Å². The fourth-order valence-electron chi connectivity index (χ4n) is 5.70. The van der Waals surface area contributed by atoms with Crippen LogP contribution in [0.3, 0.4) is 0 Å². The second-order valence-electron chi connectivity index (χ2n) is 12.8. The molecule has 1 atom stereocenters. The molecule has 0 spiro atoms. The van der Waals surface area contributed by atoms with E-state index in [4.69, 9.17) is 23.7 Å². The van der Waals surface area contributed by atoms with Gasteiger partial charge in [-0.2, -0.15) is 8.75 Å². The van der Waals surface area contributed by atoms with Gasteiger partial charge in [-0.15, -0.1) is 0 Å². The third kappa shape index (κ3) is 7.55. The van der Waals surface area contributed by atoms with Gasteiger partial charge in [0, 0.05) is 17.6 Å². The summed E-state index contributed by atoms with van der Waals surface area (Å²) < 4.78 is 39.2. The molecule has 0 saturated heterocycles. The van der Waals surface area contributed by atoms with Gasteiger partial charge in [-0.05, 0) is 107 Å². The van der Waals surface area contributed by atoms with Crippen molar-refractivity contribution in [3.8, 4) is 23.0 Å². The quantitative estimate of drug-likeness (QED) is 0.124. The highest BCUT2D eigenvalue weighted by Gasteiger charge is 2.48. The monoisotopic (exact) mass is 680 g/mol. The number of esters is 1. The van der Waals surface area contributed by atoms with Gasteiger partial charge in [0.2, 0.25) is 5.75 Å². The van der Waals surface area contributed by atoms with E-state index in [1.807, 2.05) is 90.1 Å². The van der Waals surface area contributed by atoms with Crippen molar-refractivity contribution in [2.24, 2.45) is 0 Å². The minimum Gasteiger partial charge on any atom is -0.489 e. The minimum absolute atomic E-state index is 0.127. The zero-order chi connectivity index (χ0) is 34.7. The van der Waals surface area contributed by atoms with Gasteiger partial charge in [-0.25, -0.2) is 4.79 Å². The molecule has 9 nitrogen and oxygen atoms in total. The Balaban J connectivity index is 1.45. The molecule has 1 N–H and O–H groups in total. The van der Waals surface area contributed by atoms with E-state index in [9.17, 15) is 9.90 Å². The summed E-state index contributed by atoms with van der Waals surface area (Å²) in [7, 11) is 0. The molecule has 1 aliphatic heterocycles. The standard InChI is InChI=1S/C39H40N2O7S/c1-23(2)45-34-19-27(20-35(46-24(3)4)37(34)47-25(5)6)18-31-36(28-12-17-32-33(21-28)41-49-40-32)38(42)48-39(31,43)29-13-15-30(16-14-29)44-22-26-10-8-7-9-11-26/h7-17,19-21,23-25,43H,18,22H2,1-6H3. The Morgan fingerprint density at radius 3 is 2.02 bits per heavy atom. The van der Waals surface area contributed by atoms with Crippen LogP contribution in [-0.2, 0) is 28.3 Å². The van der Waals surface area contributed by atoms with Crippen LogP contribution in [0.1, 0.15) is 63.8 Å². The number of aromatic nitrogens is 2. The first kappa shape index (κ1) is 34.0. The highest BCUT2D eigenvalue weighted by atomic mass is 32.1. The Morgan fingerprint density at radius 2 is 1.39 bits per heavy atom. The molecule has 49 heavy (non-hydrogen) atoms. The van der Waals surface area contributed by atoms with Crippen molar-refractivity contribution in [1.29, 1.82) is 0 Å². The van der Waals surface area contributed by atoms with Crippen molar-refractivity contribution in [3.63, 3.8) is 0 Å². The largest absolute Gasteiger partial charge is 0.489 e. The van der Waals surface area contributed by atoms with Crippen molar-refractivity contribution in [3.05, 3.63) is 113 Å². The maximum absolute atomic E-state index is 13.8. The van der Waals surface area contributed by atoms with Crippen LogP contribution >= 0.6 is 11.7 Å². The summed E-state index contributed by atoms with van der Waals surface area (Å²) in [5.41, 5.74) is 4.68. The Hall–Kier alpha value is -4.93. The van der Waals surface area contributed by atoms with Crippen LogP contribution < -0.4 is 18.9 Å². The van der Waals surface area contributed by atoms with E-state index >= 15 is 0 Å². The lowest BCUT2D eigenvalue weighted by Gasteiger charge is -2.27. The summed E-state index contributed by atoms with van der Waals surface area (Å²) >= 11 is 1.09. The smallest absolute Gasteiger partial charge is 0.342 e. The number of benzene rings is 4. The number of ether oxygens (including phenoxy) is 5. The Kier molecular flexibility index (Phi) is 9.89. The number of aliphatic hydroxyl groups is 1. The van der Waals surface area contributed by atoms with E-state index in [1.54, 1.807) is 36.4 Å². The normalized spacial score (nSPS) is 16.2. The van der Waals surface area contributed by atoms with E-state index < -0.39 is 11.8 Å². The van der Waals surface area contributed by atoms with Crippen LogP contribution in [0.4, 0.5) is 0 Å². The van der Waals surface area contributed by atoms with Crippen molar-refractivity contribution in [2.45, 2.75) is 78.7 Å². The summed E-state index contributed by atoms with van der Waals surface area (Å²) in [4.78, 5) is 13.8. The van der Waals surface area contributed by atoms with Gasteiger partial charge in [-0.1, -0.05) is 36.4 Å². The van der Waals surface area contributed by atoms with E-state index in [0.29, 0.717) is 51.8 Å². The molecule has 254 valence electrons. The first-order chi connectivity index (χ1) is 23.5. The fourth-order valence-corrected chi connectivity index (χ4v) is 6.22. The number of nitrogens with zero attached hydrogens (tertiary/aromatic N) is 2. The van der Waals surface area contributed by atoms with Crippen molar-refractivity contribution < 1.29 is 33.6 Å². The molecule has 4 aromatic carbocycles. The Labute approximate surface area is 290 Å². The molecule has 0 bridgehead atoms. The third-order valence-corrected chi connectivity index (χ3v) is 8.29. The lowest BCUT2D eigenvalue weighted by Crippen LogP contribution is -2.29. The maximum atomic E-state index is 13.8. The van der Waals surface area contributed by atoms with Crippen LogP contribution in [0.2, 0.25) is 0 Å². The van der Waals surface area contributed by atoms with E-state index in [2.05, 4.69) is 8.75 Å². The number of carbonyl (C=O) groups excluding carboxylic acids is 1. The fraction of sp³-hybridized carbons (Fsp3) is 0.308. The van der Waals surface area contributed by atoms with Gasteiger partial charge in [0.05, 0.1) is 35.6 Å². The molecule has 1 aliphatic rings. The number of fused-ring (bicyclic) bond motifs is 1. The number of hydrogen-bond donors (Lipinski definition) is 1. The first-order valence-electron chi connectivity index (χ1n) is 16.4. The molecule has 0 radical (unpaired) electrons. The molecule has 1 unspecified atom stereocenters. The summed E-state index contributed by atoms with van der Waals surface area (Å²) in [6.07, 6.45) is -0.311. The van der Waals surface area contributed by atoms with Crippen molar-refractivity contribution >= 4 is 34.3 Å². The van der Waals surface area contributed by atoms with Crippen LogP contribution in [-0.4, -0.2) is 38.1 Å². The van der Waals surface area contributed by atoms with E-state index in [1.165, 1.54) is 0 Å². The average Bonchev–Trinajstić information content (AvgIpc) is 3.63. The molecule has 0 fully saturated rings. The molecular weight excluding hydrogens is 641 g/mol. The van der Waals surface area contributed by atoms with E-state index in [0.717, 1.165) is 28.4 Å². The average molecular weight is 681 g/mol. The summed E-state index contributed by atoms with van der Waals surface area (Å²) in [6, 6.07) is 25.9. The minimum atomic E-state index is -2.08. The molecule has 6 rings (SSSR count). The van der Waals surface area contributed by atoms with E-state index in [-0.39, 0.29) is 30.3 Å². The summed E-state index contributed by atoms with van der Waals surface area (Å²) in [5, 5.41) is 12.4. The van der Waals surface area contributed by atoms with Gasteiger partial charge in [-0.3, -0.25) is 0 Å². The predicted octanol–water partition coefficient (Wildman–Crippen LogP) is 8.03. The highest BCUT2D eigenvalue weighted by Crippen LogP contribution is 2.47. The molecule has 10 heteroatoms. The van der Waals surface area contributed by atoms with Crippen molar-refractivity contribution in [2.75, 3.05) is 0 Å². The molecule has 2 heterocycles. The topological polar surface area (TPSA) is 109 Å². The van der Waals surface area contributed by atoms with Gasteiger partial charge in [0.25, 0.3) is 5.79 Å². The van der Waals surface area contributed by atoms with Gasteiger partial charge >= 0.3 is 5.97 Å². The Bertz CT molecular complexity index is 1940. The van der Waals surface area contributed by atoms with Crippen molar-refractivity contribution in [1.82, 2.24) is 8.75 Å². The lowest BCUT2D eigenvalue weighted by atomic mass is 9.87. The first-order valence-corrected chi connectivity index (χ1v) is 17.1. The number of cyclic esters (lactones) is 1. The predicted molar refractivity (Wildman–Crippen MR) is 189 cm³/mol. The van der Waals surface area contributed by atoms with Crippen LogP contribution in [0.5, 0.6) is 23.0 Å². The molecule has 5 aromatic rings. The second kappa shape index (κ2) is 14.3. The maximum Gasteiger partial charge on any atom is 0.342 e. The molecule has 0 amide bonds. The molecular formula is C39H40N2O7S. The van der Waals surface area contributed by atoms with Crippen LogP contribution in [0, 0.1) is 0 Å². The molecule has 0 saturated carbocycles. The number of rotatable bonds is 13. The summed E-state index contributed by atoms with van der Waals surface area (Å²) in [6.45, 7) is 12.0. The zero-order valence-electron chi connectivity index (χ0n) is 28.4. The second-order valence-corrected chi connectivity index (χ2v) is 13.3. The zero-order valence-corrected chi connectivity index (χ0v) is 29.2. The molecule has 1 aromatic heterocycles. The van der Waals surface area contributed by atoms with Gasteiger partial charge in [0.15, 0.2) is 11.5 Å². The van der Waals surface area contributed by atoms with Crippen LogP contribution in [0.15, 0.2) is 90.5 Å². The SMILES string of the molecule is CC(C)Oc1cc(CC2=C(c3ccc4nsnc4c3)C(=O)OC2(O)c2ccc(OCc3ccccc3)cc2)cc(OC(C)C)c1OC(C)C. The third-order valence-electron chi connectivity index (χ3n) is 7.73. The number of carbonyl (C=O) groups is 1. The van der Waals surface area contributed by atoms with Gasteiger partial charge in [0.1, 0.15) is 23.4 Å². The summed E-state index contributed by atoms with van der Waals surface area (Å²) in [5.74, 6) is -0.617. The molecule has 0 aliphatic carbocycles. The highest BCUT2D eigenvalue weighted by molar-refractivity contribution is 7.00. The number of hydrogen-bond acceptors (Lipinski definition) is 10.